The average Bonchev–Trinajstić information content (AvgIpc) is 3.25. The Hall–Kier alpha value is -3.65. The lowest BCUT2D eigenvalue weighted by atomic mass is 9.93. The number of carbonyl (C=O) groups excluding carboxylic acids is 3. The summed E-state index contributed by atoms with van der Waals surface area (Å²) in [6.07, 6.45) is 0. The van der Waals surface area contributed by atoms with Gasteiger partial charge in [0, 0.05) is 23.3 Å². The van der Waals surface area contributed by atoms with Crippen LogP contribution in [0.5, 0.6) is 0 Å². The number of aromatic nitrogens is 2. The summed E-state index contributed by atoms with van der Waals surface area (Å²) >= 11 is 6.37. The van der Waals surface area contributed by atoms with E-state index in [1.54, 1.807) is 39.0 Å². The molecule has 1 N–H and O–H groups in total. The third-order valence-electron chi connectivity index (χ3n) is 6.18. The van der Waals surface area contributed by atoms with Crippen molar-refractivity contribution in [3.63, 3.8) is 0 Å². The fourth-order valence-electron chi connectivity index (χ4n) is 4.18. The Labute approximate surface area is 208 Å². The molecule has 0 aliphatic carbocycles. The van der Waals surface area contributed by atoms with Crippen molar-refractivity contribution in [3.8, 4) is 0 Å². The van der Waals surface area contributed by atoms with E-state index in [0.717, 1.165) is 11.1 Å². The van der Waals surface area contributed by atoms with Crippen molar-refractivity contribution in [2.24, 2.45) is 0 Å². The first kappa shape index (κ1) is 24.5. The molecule has 182 valence electrons. The maximum atomic E-state index is 13.8. The van der Waals surface area contributed by atoms with Crippen LogP contribution in [0.15, 0.2) is 48.5 Å². The number of nitrogens with one attached hydrogen (secondary N) is 1. The fourth-order valence-corrected chi connectivity index (χ4v) is 4.35. The van der Waals surface area contributed by atoms with Gasteiger partial charge >= 0.3 is 5.97 Å². The summed E-state index contributed by atoms with van der Waals surface area (Å²) in [5.74, 6) is -1.44. The molecule has 1 aliphatic heterocycles. The van der Waals surface area contributed by atoms with Crippen LogP contribution in [-0.2, 0) is 22.6 Å². The lowest BCUT2D eigenvalue weighted by Gasteiger charge is -2.43. The molecule has 0 fully saturated rings. The lowest BCUT2D eigenvalue weighted by Crippen LogP contribution is -2.64. The maximum Gasteiger partial charge on any atom is 0.358 e. The number of amides is 2. The highest BCUT2D eigenvalue weighted by molar-refractivity contribution is 6.32. The Morgan fingerprint density at radius 3 is 2.57 bits per heavy atom. The predicted molar refractivity (Wildman–Crippen MR) is 133 cm³/mol. The Morgan fingerprint density at radius 1 is 1.17 bits per heavy atom. The van der Waals surface area contributed by atoms with Crippen molar-refractivity contribution >= 4 is 35.1 Å². The standard InChI is InChI=1S/C26H27ClN4O4/c1-5-35-24(33)20-13-22-23(32)31(21-8-6-7-19(27)17(21)3)26(4,15-30(22)29-20)25(34)28-14-18-11-9-16(2)10-12-18/h6-13H,5,14-15H2,1-4H3,(H,28,34)/t26-/m1/s1. The largest absolute Gasteiger partial charge is 0.461 e. The molecule has 4 rings (SSSR count). The molecule has 2 aromatic carbocycles. The summed E-state index contributed by atoms with van der Waals surface area (Å²) in [7, 11) is 0. The van der Waals surface area contributed by atoms with Gasteiger partial charge in [-0.25, -0.2) is 4.79 Å². The smallest absolute Gasteiger partial charge is 0.358 e. The van der Waals surface area contributed by atoms with E-state index in [2.05, 4.69) is 10.4 Å². The predicted octanol–water partition coefficient (Wildman–Crippen LogP) is 4.07. The number of halogens is 1. The Kier molecular flexibility index (Phi) is 6.67. The van der Waals surface area contributed by atoms with E-state index in [1.807, 2.05) is 31.2 Å². The molecule has 1 atom stereocenters. The van der Waals surface area contributed by atoms with Crippen LogP contribution in [-0.4, -0.2) is 39.7 Å². The van der Waals surface area contributed by atoms with Crippen molar-refractivity contribution in [3.05, 3.63) is 81.6 Å². The molecule has 35 heavy (non-hydrogen) atoms. The number of ether oxygens (including phenoxy) is 1. The molecule has 8 nitrogen and oxygen atoms in total. The Bertz CT molecular complexity index is 1300. The van der Waals surface area contributed by atoms with Gasteiger partial charge in [-0.05, 0) is 51.0 Å². The molecular weight excluding hydrogens is 468 g/mol. The van der Waals surface area contributed by atoms with Crippen molar-refractivity contribution in [2.45, 2.75) is 46.3 Å². The van der Waals surface area contributed by atoms with Crippen molar-refractivity contribution in [1.29, 1.82) is 0 Å². The van der Waals surface area contributed by atoms with E-state index in [-0.39, 0.29) is 30.4 Å². The van der Waals surface area contributed by atoms with E-state index >= 15 is 0 Å². The summed E-state index contributed by atoms with van der Waals surface area (Å²) in [5.41, 5.74) is 2.10. The minimum atomic E-state index is -1.35. The van der Waals surface area contributed by atoms with Gasteiger partial charge in [0.25, 0.3) is 5.91 Å². The van der Waals surface area contributed by atoms with Crippen LogP contribution < -0.4 is 10.2 Å². The third kappa shape index (κ3) is 4.53. The molecule has 0 saturated carbocycles. The van der Waals surface area contributed by atoms with Crippen molar-refractivity contribution < 1.29 is 19.1 Å². The fraction of sp³-hybridized carbons (Fsp3) is 0.308. The van der Waals surface area contributed by atoms with Crippen LogP contribution in [0.2, 0.25) is 5.02 Å². The minimum Gasteiger partial charge on any atom is -0.461 e. The van der Waals surface area contributed by atoms with Crippen molar-refractivity contribution in [1.82, 2.24) is 15.1 Å². The van der Waals surface area contributed by atoms with Crippen LogP contribution in [0.25, 0.3) is 0 Å². The second-order valence-corrected chi connectivity index (χ2v) is 9.17. The second-order valence-electron chi connectivity index (χ2n) is 8.76. The summed E-state index contributed by atoms with van der Waals surface area (Å²) < 4.78 is 6.45. The van der Waals surface area contributed by atoms with Gasteiger partial charge in [0.15, 0.2) is 5.69 Å². The van der Waals surface area contributed by atoms with Gasteiger partial charge < -0.3 is 10.1 Å². The van der Waals surface area contributed by atoms with Crippen LogP contribution in [0.1, 0.15) is 51.5 Å². The number of carbonyl (C=O) groups is 3. The van der Waals surface area contributed by atoms with Crippen LogP contribution in [0, 0.1) is 13.8 Å². The number of nitrogens with zero attached hydrogens (tertiary/aromatic N) is 3. The van der Waals surface area contributed by atoms with E-state index in [4.69, 9.17) is 16.3 Å². The third-order valence-corrected chi connectivity index (χ3v) is 6.59. The first-order valence-electron chi connectivity index (χ1n) is 11.3. The molecule has 1 aliphatic rings. The molecule has 0 radical (unpaired) electrons. The molecule has 1 aromatic heterocycles. The second kappa shape index (κ2) is 9.54. The normalized spacial score (nSPS) is 17.2. The molecule has 0 saturated heterocycles. The number of fused-ring (bicyclic) bond motifs is 1. The number of hydrogen-bond donors (Lipinski definition) is 1. The van der Waals surface area contributed by atoms with Gasteiger partial charge in [-0.3, -0.25) is 19.2 Å². The number of aryl methyl sites for hydroxylation is 1. The number of rotatable bonds is 6. The SMILES string of the molecule is CCOC(=O)c1cc2n(n1)C[C@](C)(C(=O)NCc1ccc(C)cc1)N(c1cccc(Cl)c1C)C2=O. The molecule has 0 spiro atoms. The summed E-state index contributed by atoms with van der Waals surface area (Å²) in [5, 5.41) is 7.72. The summed E-state index contributed by atoms with van der Waals surface area (Å²) in [6.45, 7) is 7.69. The van der Waals surface area contributed by atoms with Gasteiger partial charge in [0.05, 0.1) is 13.2 Å². The lowest BCUT2D eigenvalue weighted by molar-refractivity contribution is -0.126. The Morgan fingerprint density at radius 2 is 1.89 bits per heavy atom. The minimum absolute atomic E-state index is 0.0160. The topological polar surface area (TPSA) is 93.5 Å². The van der Waals surface area contributed by atoms with E-state index < -0.39 is 17.4 Å². The molecular formula is C26H27ClN4O4. The zero-order valence-corrected chi connectivity index (χ0v) is 20.8. The average molecular weight is 495 g/mol. The van der Waals surface area contributed by atoms with Gasteiger partial charge in [-0.15, -0.1) is 0 Å². The molecule has 2 amide bonds. The Balaban J connectivity index is 1.75. The highest BCUT2D eigenvalue weighted by atomic mass is 35.5. The van der Waals surface area contributed by atoms with Gasteiger partial charge in [-0.1, -0.05) is 47.5 Å². The zero-order valence-electron chi connectivity index (χ0n) is 20.1. The molecule has 0 unspecified atom stereocenters. The first-order chi connectivity index (χ1) is 16.7. The van der Waals surface area contributed by atoms with Gasteiger partial charge in [-0.2, -0.15) is 5.10 Å². The van der Waals surface area contributed by atoms with Gasteiger partial charge in [0.1, 0.15) is 11.2 Å². The summed E-state index contributed by atoms with van der Waals surface area (Å²) in [4.78, 5) is 41.2. The molecule has 0 bridgehead atoms. The monoisotopic (exact) mass is 494 g/mol. The number of hydrogen-bond acceptors (Lipinski definition) is 5. The quantitative estimate of drug-likeness (QED) is 0.521. The van der Waals surface area contributed by atoms with Crippen LogP contribution in [0.4, 0.5) is 5.69 Å². The van der Waals surface area contributed by atoms with E-state index in [9.17, 15) is 14.4 Å². The van der Waals surface area contributed by atoms with E-state index in [0.29, 0.717) is 22.8 Å². The summed E-state index contributed by atoms with van der Waals surface area (Å²) in [6, 6.07) is 14.5. The zero-order chi connectivity index (χ0) is 25.3. The van der Waals surface area contributed by atoms with Crippen molar-refractivity contribution in [2.75, 3.05) is 11.5 Å². The molecule has 9 heteroatoms. The first-order valence-corrected chi connectivity index (χ1v) is 11.7. The highest BCUT2D eigenvalue weighted by Crippen LogP contribution is 2.36. The highest BCUT2D eigenvalue weighted by Gasteiger charge is 2.49. The van der Waals surface area contributed by atoms with Crippen LogP contribution >= 0.6 is 11.6 Å². The number of esters is 1. The number of benzene rings is 2. The van der Waals surface area contributed by atoms with Gasteiger partial charge in [0.2, 0.25) is 5.91 Å². The number of anilines is 1. The van der Waals surface area contributed by atoms with E-state index in [1.165, 1.54) is 15.6 Å². The molecule has 2 heterocycles. The molecule has 3 aromatic rings. The van der Waals surface area contributed by atoms with Crippen LogP contribution in [0.3, 0.4) is 0 Å². The maximum absolute atomic E-state index is 13.8.